The number of alkyl halides is 1. The summed E-state index contributed by atoms with van der Waals surface area (Å²) in [6, 6.07) is 4.43. The van der Waals surface area contributed by atoms with Crippen molar-refractivity contribution in [3.8, 4) is 5.75 Å². The van der Waals surface area contributed by atoms with Crippen LogP contribution < -0.4 is 5.73 Å². The summed E-state index contributed by atoms with van der Waals surface area (Å²) >= 11 is 5.51. The van der Waals surface area contributed by atoms with Gasteiger partial charge in [0, 0.05) is 14.1 Å². The van der Waals surface area contributed by atoms with Crippen LogP contribution in [0.15, 0.2) is 23.2 Å². The fourth-order valence-corrected chi connectivity index (χ4v) is 1.26. The average molecular weight is 256 g/mol. The van der Waals surface area contributed by atoms with Gasteiger partial charge in [0.25, 0.3) is 5.91 Å². The number of aromatic hydroxyl groups is 1. The van der Waals surface area contributed by atoms with Gasteiger partial charge in [-0.25, -0.2) is 4.99 Å². The number of hydrogen-bond acceptors (Lipinski definition) is 3. The molecule has 0 spiro atoms. The molecule has 0 fully saturated rings. The lowest BCUT2D eigenvalue weighted by molar-refractivity contribution is 0.0824. The van der Waals surface area contributed by atoms with Crippen molar-refractivity contribution in [2.24, 2.45) is 10.7 Å². The predicted octanol–water partition coefficient (Wildman–Crippen LogP) is 1.32. The summed E-state index contributed by atoms with van der Waals surface area (Å²) in [5.41, 5.74) is 6.15. The molecule has 1 amide bonds. The third-order valence-corrected chi connectivity index (χ3v) is 2.30. The third-order valence-electron chi connectivity index (χ3n) is 2.03. The zero-order valence-corrected chi connectivity index (χ0v) is 10.4. The molecule has 0 unspecified atom stereocenters. The highest BCUT2D eigenvalue weighted by molar-refractivity contribution is 6.28. The van der Waals surface area contributed by atoms with E-state index in [1.165, 1.54) is 17.0 Å². The van der Waals surface area contributed by atoms with E-state index in [4.69, 9.17) is 17.3 Å². The minimum atomic E-state index is -0.302. The van der Waals surface area contributed by atoms with Gasteiger partial charge in [-0.2, -0.15) is 0 Å². The number of phenolic OH excluding ortho intramolecular Hbond substituents is 1. The van der Waals surface area contributed by atoms with Crippen LogP contribution in [0.25, 0.3) is 0 Å². The van der Waals surface area contributed by atoms with E-state index in [9.17, 15) is 9.90 Å². The van der Waals surface area contributed by atoms with Crippen molar-refractivity contribution in [2.45, 2.75) is 0 Å². The van der Waals surface area contributed by atoms with Crippen LogP contribution in [0.2, 0.25) is 0 Å². The fraction of sp³-hybridized carbons (Fsp3) is 0.273. The van der Waals surface area contributed by atoms with E-state index in [1.54, 1.807) is 20.2 Å². The highest BCUT2D eigenvalue weighted by atomic mass is 35.5. The van der Waals surface area contributed by atoms with Gasteiger partial charge in [0.2, 0.25) is 0 Å². The van der Waals surface area contributed by atoms with Gasteiger partial charge in [-0.3, -0.25) is 4.79 Å². The monoisotopic (exact) mass is 255 g/mol. The van der Waals surface area contributed by atoms with Crippen LogP contribution in [0.1, 0.15) is 10.4 Å². The minimum Gasteiger partial charge on any atom is -0.507 e. The number of phenols is 1. The highest BCUT2D eigenvalue weighted by Gasteiger charge is 2.13. The van der Waals surface area contributed by atoms with Crippen molar-refractivity contribution in [2.75, 3.05) is 20.0 Å². The quantitative estimate of drug-likeness (QED) is 0.486. The first-order chi connectivity index (χ1) is 7.95. The molecule has 0 radical (unpaired) electrons. The number of amidine groups is 1. The number of amides is 1. The van der Waals surface area contributed by atoms with E-state index in [1.807, 2.05) is 0 Å². The molecule has 0 aliphatic heterocycles. The second-order valence-corrected chi connectivity index (χ2v) is 3.91. The molecule has 0 atom stereocenters. The molecule has 0 saturated carbocycles. The Hall–Kier alpha value is -1.75. The van der Waals surface area contributed by atoms with Crippen LogP contribution in [0.5, 0.6) is 5.75 Å². The molecular weight excluding hydrogens is 242 g/mol. The highest BCUT2D eigenvalue weighted by Crippen LogP contribution is 2.24. The number of aliphatic imine (C=N–C) groups is 1. The molecule has 17 heavy (non-hydrogen) atoms. The van der Waals surface area contributed by atoms with E-state index < -0.39 is 0 Å². The molecule has 1 aromatic rings. The standard InChI is InChI=1S/C11H14ClN3O2/c1-15(2)11(17)8-5-7(3-4-9(8)16)14-10(13)6-12/h3-5,16H,6H2,1-2H3,(H2,13,14). The van der Waals surface area contributed by atoms with E-state index in [0.717, 1.165) is 0 Å². The topological polar surface area (TPSA) is 78.9 Å². The Kier molecular flexibility index (Phi) is 4.34. The molecule has 3 N–H and O–H groups in total. The molecule has 0 saturated heterocycles. The molecule has 0 bridgehead atoms. The Morgan fingerprint density at radius 2 is 2.18 bits per heavy atom. The maximum Gasteiger partial charge on any atom is 0.257 e. The second kappa shape index (κ2) is 5.54. The molecule has 0 aliphatic rings. The molecule has 1 aromatic carbocycles. The number of nitrogens with two attached hydrogens (primary N) is 1. The summed E-state index contributed by atoms with van der Waals surface area (Å²) in [4.78, 5) is 17.1. The fourth-order valence-electron chi connectivity index (χ4n) is 1.20. The van der Waals surface area contributed by atoms with Gasteiger partial charge >= 0.3 is 0 Å². The number of rotatable bonds is 3. The first-order valence-electron chi connectivity index (χ1n) is 4.89. The number of hydrogen-bond donors (Lipinski definition) is 2. The Labute approximate surface area is 105 Å². The van der Waals surface area contributed by atoms with Crippen molar-refractivity contribution >= 4 is 29.0 Å². The Balaban J connectivity index is 3.15. The SMILES string of the molecule is CN(C)C(=O)c1cc(N=C(N)CCl)ccc1O. The molecule has 0 aromatic heterocycles. The van der Waals surface area contributed by atoms with Crippen LogP contribution >= 0.6 is 11.6 Å². The largest absolute Gasteiger partial charge is 0.507 e. The molecule has 0 heterocycles. The van der Waals surface area contributed by atoms with E-state index in [0.29, 0.717) is 5.69 Å². The average Bonchev–Trinajstić information content (AvgIpc) is 2.30. The number of halogens is 1. The van der Waals surface area contributed by atoms with Gasteiger partial charge in [-0.05, 0) is 18.2 Å². The molecule has 92 valence electrons. The lowest BCUT2D eigenvalue weighted by Crippen LogP contribution is -2.21. The number of benzene rings is 1. The first kappa shape index (κ1) is 13.3. The van der Waals surface area contributed by atoms with Crippen LogP contribution in [-0.4, -0.2) is 41.7 Å². The second-order valence-electron chi connectivity index (χ2n) is 3.64. The van der Waals surface area contributed by atoms with Crippen LogP contribution in [-0.2, 0) is 0 Å². The smallest absolute Gasteiger partial charge is 0.257 e. The lowest BCUT2D eigenvalue weighted by atomic mass is 10.1. The normalized spacial score (nSPS) is 11.4. The first-order valence-corrected chi connectivity index (χ1v) is 5.43. The van der Waals surface area contributed by atoms with Crippen molar-refractivity contribution in [3.63, 3.8) is 0 Å². The van der Waals surface area contributed by atoms with Crippen LogP contribution in [0.4, 0.5) is 5.69 Å². The lowest BCUT2D eigenvalue weighted by Gasteiger charge is -2.11. The minimum absolute atomic E-state index is 0.0907. The van der Waals surface area contributed by atoms with E-state index in [2.05, 4.69) is 4.99 Å². The summed E-state index contributed by atoms with van der Waals surface area (Å²) in [6.45, 7) is 0. The van der Waals surface area contributed by atoms with Gasteiger partial charge in [-0.15, -0.1) is 11.6 Å². The number of nitrogens with zero attached hydrogens (tertiary/aromatic N) is 2. The third kappa shape index (κ3) is 3.35. The van der Waals surface area contributed by atoms with Crippen molar-refractivity contribution in [3.05, 3.63) is 23.8 Å². The summed E-state index contributed by atoms with van der Waals surface area (Å²) < 4.78 is 0. The predicted molar refractivity (Wildman–Crippen MR) is 68.1 cm³/mol. The molecule has 0 aliphatic carbocycles. The van der Waals surface area contributed by atoms with Gasteiger partial charge in [0.15, 0.2) is 0 Å². The number of carbonyl (C=O) groups excluding carboxylic acids is 1. The van der Waals surface area contributed by atoms with Gasteiger partial charge < -0.3 is 15.7 Å². The zero-order chi connectivity index (χ0) is 13.0. The Morgan fingerprint density at radius 1 is 1.53 bits per heavy atom. The maximum atomic E-state index is 11.7. The molecular formula is C11H14ClN3O2. The molecule has 1 rings (SSSR count). The summed E-state index contributed by atoms with van der Waals surface area (Å²) in [7, 11) is 3.20. The van der Waals surface area contributed by atoms with Crippen molar-refractivity contribution < 1.29 is 9.90 Å². The Morgan fingerprint density at radius 3 is 2.71 bits per heavy atom. The molecule has 6 heteroatoms. The van der Waals surface area contributed by atoms with Crippen LogP contribution in [0.3, 0.4) is 0 Å². The van der Waals surface area contributed by atoms with Crippen molar-refractivity contribution in [1.82, 2.24) is 4.90 Å². The van der Waals surface area contributed by atoms with E-state index in [-0.39, 0.29) is 28.9 Å². The maximum absolute atomic E-state index is 11.7. The van der Waals surface area contributed by atoms with Crippen molar-refractivity contribution in [1.29, 1.82) is 0 Å². The van der Waals surface area contributed by atoms with Crippen LogP contribution in [0, 0.1) is 0 Å². The number of carbonyl (C=O) groups is 1. The van der Waals surface area contributed by atoms with E-state index >= 15 is 0 Å². The van der Waals surface area contributed by atoms with Gasteiger partial charge in [0.1, 0.15) is 11.6 Å². The summed E-state index contributed by atoms with van der Waals surface area (Å²) in [5.74, 6) is -0.0330. The Bertz CT molecular complexity index is 458. The van der Waals surface area contributed by atoms with Gasteiger partial charge in [0.05, 0.1) is 17.1 Å². The zero-order valence-electron chi connectivity index (χ0n) is 9.64. The summed E-state index contributed by atoms with van der Waals surface area (Å²) in [5, 5.41) is 9.59. The van der Waals surface area contributed by atoms with Gasteiger partial charge in [-0.1, -0.05) is 0 Å². The molecule has 5 nitrogen and oxygen atoms in total. The summed E-state index contributed by atoms with van der Waals surface area (Å²) in [6.07, 6.45) is 0.